The van der Waals surface area contributed by atoms with Crippen LogP contribution in [-0.4, -0.2) is 34.6 Å². The van der Waals surface area contributed by atoms with Gasteiger partial charge >= 0.3 is 12.0 Å². The summed E-state index contributed by atoms with van der Waals surface area (Å²) >= 11 is 0. The molecule has 1 aromatic carbocycles. The van der Waals surface area contributed by atoms with Crippen LogP contribution < -0.4 is 5.32 Å². The zero-order valence-electron chi connectivity index (χ0n) is 12.3. The summed E-state index contributed by atoms with van der Waals surface area (Å²) in [5.74, 6) is -0.931. The Bertz CT molecular complexity index is 610. The van der Waals surface area contributed by atoms with Crippen LogP contribution in [0.5, 0.6) is 0 Å². The van der Waals surface area contributed by atoms with Crippen molar-refractivity contribution < 1.29 is 14.7 Å². The van der Waals surface area contributed by atoms with Crippen molar-refractivity contribution in [1.29, 1.82) is 0 Å². The van der Waals surface area contributed by atoms with Gasteiger partial charge in [-0.15, -0.1) is 0 Å². The third-order valence-corrected chi connectivity index (χ3v) is 4.56. The minimum Gasteiger partial charge on any atom is -0.478 e. The number of carboxylic acid groups (broad SMARTS) is 1. The molecular formula is C16H20N2O3. The molecule has 1 aromatic rings. The molecule has 0 bridgehead atoms. The third kappa shape index (κ3) is 2.73. The van der Waals surface area contributed by atoms with E-state index in [-0.39, 0.29) is 23.1 Å². The second kappa shape index (κ2) is 4.76. The first-order valence-electron chi connectivity index (χ1n) is 7.27. The minimum absolute atomic E-state index is 0.0445. The number of rotatable bonds is 2. The van der Waals surface area contributed by atoms with Crippen LogP contribution in [0.2, 0.25) is 0 Å². The third-order valence-electron chi connectivity index (χ3n) is 4.56. The number of hydrogen-bond donors (Lipinski definition) is 2. The number of fused-ring (bicyclic) bond motifs is 1. The van der Waals surface area contributed by atoms with Crippen molar-refractivity contribution in [2.24, 2.45) is 5.41 Å². The molecule has 1 unspecified atom stereocenters. The lowest BCUT2D eigenvalue weighted by Gasteiger charge is -2.29. The van der Waals surface area contributed by atoms with E-state index in [1.807, 2.05) is 6.07 Å². The Balaban J connectivity index is 1.70. The van der Waals surface area contributed by atoms with Crippen molar-refractivity contribution in [2.45, 2.75) is 39.3 Å². The monoisotopic (exact) mass is 288 g/mol. The Hall–Kier alpha value is -2.04. The van der Waals surface area contributed by atoms with Gasteiger partial charge in [-0.3, -0.25) is 0 Å². The summed E-state index contributed by atoms with van der Waals surface area (Å²) in [6, 6.07) is 5.38. The van der Waals surface area contributed by atoms with Gasteiger partial charge in [-0.1, -0.05) is 19.9 Å². The Morgan fingerprint density at radius 3 is 2.67 bits per heavy atom. The first-order valence-corrected chi connectivity index (χ1v) is 7.27. The quantitative estimate of drug-likeness (QED) is 0.877. The average Bonchev–Trinajstić information content (AvgIpc) is 3.04. The molecule has 0 saturated heterocycles. The summed E-state index contributed by atoms with van der Waals surface area (Å²) in [4.78, 5) is 25.1. The molecule has 5 heteroatoms. The molecule has 2 aliphatic rings. The van der Waals surface area contributed by atoms with Gasteiger partial charge < -0.3 is 15.3 Å². The van der Waals surface area contributed by atoms with E-state index in [0.29, 0.717) is 13.1 Å². The number of carboxylic acids is 1. The minimum atomic E-state index is -0.931. The van der Waals surface area contributed by atoms with E-state index in [0.717, 1.165) is 24.0 Å². The summed E-state index contributed by atoms with van der Waals surface area (Å²) in [6.07, 6.45) is 1.79. The van der Waals surface area contributed by atoms with Crippen LogP contribution in [0.25, 0.3) is 0 Å². The number of amides is 2. The van der Waals surface area contributed by atoms with Crippen LogP contribution in [0.4, 0.5) is 4.79 Å². The molecule has 1 fully saturated rings. The van der Waals surface area contributed by atoms with E-state index in [4.69, 9.17) is 5.11 Å². The molecule has 0 aromatic heterocycles. The molecule has 1 heterocycles. The van der Waals surface area contributed by atoms with Crippen molar-refractivity contribution in [3.63, 3.8) is 0 Å². The van der Waals surface area contributed by atoms with Crippen LogP contribution in [0.1, 0.15) is 41.8 Å². The lowest BCUT2D eigenvalue weighted by molar-refractivity contribution is 0.0696. The van der Waals surface area contributed by atoms with Gasteiger partial charge in [0.05, 0.1) is 5.56 Å². The fourth-order valence-electron chi connectivity index (χ4n) is 2.82. The molecule has 3 rings (SSSR count). The highest BCUT2D eigenvalue weighted by molar-refractivity contribution is 5.88. The highest BCUT2D eigenvalue weighted by Gasteiger charge is 2.47. The molecule has 5 nitrogen and oxygen atoms in total. The summed E-state index contributed by atoms with van der Waals surface area (Å²) < 4.78 is 0. The second-order valence-electron chi connectivity index (χ2n) is 6.65. The maximum absolute atomic E-state index is 12.3. The SMILES string of the molecule is CC1(C)CC1NC(=O)N1CCc2ccc(C(=O)O)cc2C1. The largest absolute Gasteiger partial charge is 0.478 e. The number of nitrogens with one attached hydrogen (secondary N) is 1. The summed E-state index contributed by atoms with van der Waals surface area (Å²) in [5.41, 5.74) is 2.56. The van der Waals surface area contributed by atoms with E-state index in [2.05, 4.69) is 19.2 Å². The standard InChI is InChI=1S/C16H20N2O3/c1-16(2)8-13(16)17-15(21)18-6-5-10-3-4-11(14(19)20)7-12(10)9-18/h3-4,7,13H,5-6,8-9H2,1-2H3,(H,17,21)(H,19,20). The number of urea groups is 1. The molecular weight excluding hydrogens is 268 g/mol. The van der Waals surface area contributed by atoms with Gasteiger partial charge in [0.1, 0.15) is 0 Å². The zero-order chi connectivity index (χ0) is 15.2. The summed E-state index contributed by atoms with van der Waals surface area (Å²) in [6.45, 7) is 5.44. The van der Waals surface area contributed by atoms with Gasteiger partial charge in [0, 0.05) is 19.1 Å². The smallest absolute Gasteiger partial charge is 0.335 e. The maximum Gasteiger partial charge on any atom is 0.335 e. The number of carbonyl (C=O) groups excluding carboxylic acids is 1. The highest BCUT2D eigenvalue weighted by Crippen LogP contribution is 2.44. The fraction of sp³-hybridized carbons (Fsp3) is 0.500. The number of benzene rings is 1. The number of carbonyl (C=O) groups is 2. The van der Waals surface area contributed by atoms with Crippen LogP contribution >= 0.6 is 0 Å². The van der Waals surface area contributed by atoms with Gasteiger partial charge in [0.2, 0.25) is 0 Å². The van der Waals surface area contributed by atoms with Gasteiger partial charge in [0.25, 0.3) is 0 Å². The van der Waals surface area contributed by atoms with E-state index in [9.17, 15) is 9.59 Å². The van der Waals surface area contributed by atoms with Gasteiger partial charge in [-0.2, -0.15) is 0 Å². The van der Waals surface area contributed by atoms with Gasteiger partial charge in [-0.25, -0.2) is 9.59 Å². The first-order chi connectivity index (χ1) is 9.87. The van der Waals surface area contributed by atoms with Gasteiger partial charge in [-0.05, 0) is 41.5 Å². The molecule has 2 amide bonds. The summed E-state index contributed by atoms with van der Waals surface area (Å²) in [7, 11) is 0. The van der Waals surface area contributed by atoms with E-state index in [1.165, 1.54) is 0 Å². The van der Waals surface area contributed by atoms with Crippen molar-refractivity contribution in [3.05, 3.63) is 34.9 Å². The Labute approximate surface area is 123 Å². The molecule has 1 saturated carbocycles. The molecule has 1 aliphatic heterocycles. The number of nitrogens with zero attached hydrogens (tertiary/aromatic N) is 1. The van der Waals surface area contributed by atoms with Crippen LogP contribution in [0, 0.1) is 5.41 Å². The highest BCUT2D eigenvalue weighted by atomic mass is 16.4. The van der Waals surface area contributed by atoms with Crippen molar-refractivity contribution in [1.82, 2.24) is 10.2 Å². The molecule has 112 valence electrons. The Kier molecular flexibility index (Phi) is 3.15. The predicted molar refractivity (Wildman–Crippen MR) is 78.2 cm³/mol. The summed E-state index contributed by atoms with van der Waals surface area (Å²) in [5, 5.41) is 12.1. The van der Waals surface area contributed by atoms with Crippen molar-refractivity contribution >= 4 is 12.0 Å². The van der Waals surface area contributed by atoms with E-state index >= 15 is 0 Å². The average molecular weight is 288 g/mol. The molecule has 1 aliphatic carbocycles. The molecule has 1 atom stereocenters. The predicted octanol–water partition coefficient (Wildman–Crippen LogP) is 2.25. The fourth-order valence-corrected chi connectivity index (χ4v) is 2.82. The second-order valence-corrected chi connectivity index (χ2v) is 6.65. The Morgan fingerprint density at radius 1 is 1.33 bits per heavy atom. The van der Waals surface area contributed by atoms with E-state index < -0.39 is 5.97 Å². The maximum atomic E-state index is 12.3. The normalized spacial score (nSPS) is 22.4. The first kappa shape index (κ1) is 13.9. The zero-order valence-corrected chi connectivity index (χ0v) is 12.3. The Morgan fingerprint density at radius 2 is 2.05 bits per heavy atom. The molecule has 2 N–H and O–H groups in total. The van der Waals surface area contributed by atoms with Crippen LogP contribution in [0.3, 0.4) is 0 Å². The van der Waals surface area contributed by atoms with Crippen LogP contribution in [-0.2, 0) is 13.0 Å². The number of hydrogen-bond acceptors (Lipinski definition) is 2. The van der Waals surface area contributed by atoms with Gasteiger partial charge in [0.15, 0.2) is 0 Å². The van der Waals surface area contributed by atoms with Crippen molar-refractivity contribution in [2.75, 3.05) is 6.54 Å². The molecule has 0 radical (unpaired) electrons. The lowest BCUT2D eigenvalue weighted by atomic mass is 9.97. The topological polar surface area (TPSA) is 69.6 Å². The number of aromatic carboxylic acids is 1. The van der Waals surface area contributed by atoms with Crippen LogP contribution in [0.15, 0.2) is 18.2 Å². The van der Waals surface area contributed by atoms with E-state index in [1.54, 1.807) is 17.0 Å². The van der Waals surface area contributed by atoms with Crippen molar-refractivity contribution in [3.8, 4) is 0 Å². The lowest BCUT2D eigenvalue weighted by Crippen LogP contribution is -2.44. The molecule has 0 spiro atoms. The molecule has 21 heavy (non-hydrogen) atoms.